The Labute approximate surface area is 203 Å². The Morgan fingerprint density at radius 1 is 1.03 bits per heavy atom. The Hall–Kier alpha value is -3.58. The first-order chi connectivity index (χ1) is 16.5. The second-order valence-electron chi connectivity index (χ2n) is 8.59. The lowest BCUT2D eigenvalue weighted by atomic mass is 9.88. The molecule has 1 unspecified atom stereocenters. The van der Waals surface area contributed by atoms with Gasteiger partial charge in [0.25, 0.3) is 0 Å². The summed E-state index contributed by atoms with van der Waals surface area (Å²) < 4.78 is 2.23. The number of H-pyrrole nitrogens is 1. The van der Waals surface area contributed by atoms with E-state index in [1.807, 2.05) is 25.1 Å². The standard InChI is InChI=1S/C26H26ClN7/c1-4-24-29-25-16(2)13-17(3)28-26(25)34(24)15-18-9-11-19(12-10-18)21(14-23-30-32-33-31-23)20-7-5-6-8-22(20)27/h5-13,21H,4,14-15H2,1-3H3,(H,30,31,32,33). The number of halogens is 1. The highest BCUT2D eigenvalue weighted by atomic mass is 35.5. The molecule has 3 aromatic heterocycles. The number of fused-ring (bicyclic) bond motifs is 1. The van der Waals surface area contributed by atoms with Crippen LogP contribution in [-0.4, -0.2) is 35.2 Å². The number of pyridine rings is 1. The maximum atomic E-state index is 6.57. The summed E-state index contributed by atoms with van der Waals surface area (Å²) in [7, 11) is 0. The molecule has 0 bridgehead atoms. The molecule has 0 radical (unpaired) electrons. The van der Waals surface area contributed by atoms with Crippen LogP contribution >= 0.6 is 11.6 Å². The summed E-state index contributed by atoms with van der Waals surface area (Å²) in [4.78, 5) is 9.67. The quantitative estimate of drug-likeness (QED) is 0.352. The van der Waals surface area contributed by atoms with Crippen LogP contribution in [0.1, 0.15) is 52.4 Å². The Bertz CT molecular complexity index is 1420. The van der Waals surface area contributed by atoms with Gasteiger partial charge in [0.2, 0.25) is 0 Å². The van der Waals surface area contributed by atoms with E-state index in [0.29, 0.717) is 6.42 Å². The van der Waals surface area contributed by atoms with E-state index < -0.39 is 0 Å². The number of hydrogen-bond donors (Lipinski definition) is 1. The van der Waals surface area contributed by atoms with Crippen molar-refractivity contribution in [2.75, 3.05) is 0 Å². The third-order valence-corrected chi connectivity index (χ3v) is 6.55. The number of aromatic nitrogens is 7. The first-order valence-corrected chi connectivity index (χ1v) is 11.8. The number of rotatable bonds is 7. The number of hydrogen-bond acceptors (Lipinski definition) is 5. The highest BCUT2D eigenvalue weighted by molar-refractivity contribution is 6.31. The van der Waals surface area contributed by atoms with Crippen molar-refractivity contribution in [1.29, 1.82) is 0 Å². The first-order valence-electron chi connectivity index (χ1n) is 11.4. The molecule has 7 nitrogen and oxygen atoms in total. The molecule has 0 spiro atoms. The van der Waals surface area contributed by atoms with Crippen molar-refractivity contribution >= 4 is 22.8 Å². The SMILES string of the molecule is CCc1nc2c(C)cc(C)nc2n1Cc1ccc(C(Cc2nnn[nH]2)c2ccccc2Cl)cc1. The van der Waals surface area contributed by atoms with E-state index in [-0.39, 0.29) is 5.92 Å². The summed E-state index contributed by atoms with van der Waals surface area (Å²) in [5.41, 5.74) is 7.51. The zero-order valence-electron chi connectivity index (χ0n) is 19.5. The minimum Gasteiger partial charge on any atom is -0.308 e. The molecule has 0 saturated heterocycles. The van der Waals surface area contributed by atoms with Crippen molar-refractivity contribution in [1.82, 2.24) is 35.2 Å². The van der Waals surface area contributed by atoms with Crippen molar-refractivity contribution in [2.24, 2.45) is 0 Å². The van der Waals surface area contributed by atoms with E-state index in [2.05, 4.69) is 75.4 Å². The summed E-state index contributed by atoms with van der Waals surface area (Å²) in [5, 5.41) is 15.1. The van der Waals surface area contributed by atoms with Gasteiger partial charge in [-0.25, -0.2) is 15.1 Å². The number of imidazole rings is 1. The smallest absolute Gasteiger partial charge is 0.160 e. The maximum absolute atomic E-state index is 6.57. The fourth-order valence-corrected chi connectivity index (χ4v) is 4.81. The number of nitrogens with zero attached hydrogens (tertiary/aromatic N) is 6. The van der Waals surface area contributed by atoms with Crippen LogP contribution in [0.4, 0.5) is 0 Å². The van der Waals surface area contributed by atoms with Crippen molar-refractivity contribution < 1.29 is 0 Å². The Morgan fingerprint density at radius 2 is 1.82 bits per heavy atom. The molecule has 0 aliphatic rings. The van der Waals surface area contributed by atoms with Crippen molar-refractivity contribution in [3.8, 4) is 0 Å². The molecular formula is C26H26ClN7. The summed E-state index contributed by atoms with van der Waals surface area (Å²) in [6.45, 7) is 6.98. The summed E-state index contributed by atoms with van der Waals surface area (Å²) in [6.07, 6.45) is 1.48. The van der Waals surface area contributed by atoms with E-state index >= 15 is 0 Å². The minimum absolute atomic E-state index is 0.0322. The molecule has 34 heavy (non-hydrogen) atoms. The van der Waals surface area contributed by atoms with E-state index in [4.69, 9.17) is 21.6 Å². The molecule has 5 rings (SSSR count). The lowest BCUT2D eigenvalue weighted by Crippen LogP contribution is -2.09. The topological polar surface area (TPSA) is 85.2 Å². The Balaban J connectivity index is 1.49. The van der Waals surface area contributed by atoms with Gasteiger partial charge in [0.1, 0.15) is 17.2 Å². The first kappa shape index (κ1) is 22.2. The third kappa shape index (κ3) is 4.31. The largest absolute Gasteiger partial charge is 0.308 e. The maximum Gasteiger partial charge on any atom is 0.160 e. The van der Waals surface area contributed by atoms with E-state index in [9.17, 15) is 0 Å². The van der Waals surface area contributed by atoms with Crippen molar-refractivity contribution in [3.63, 3.8) is 0 Å². The van der Waals surface area contributed by atoms with Gasteiger partial charge >= 0.3 is 0 Å². The summed E-state index contributed by atoms with van der Waals surface area (Å²) in [5.74, 6) is 1.81. The van der Waals surface area contributed by atoms with E-state index in [1.165, 1.54) is 5.56 Å². The van der Waals surface area contributed by atoms with Gasteiger partial charge in [-0.1, -0.05) is 61.0 Å². The highest BCUT2D eigenvalue weighted by Crippen LogP contribution is 2.33. The second kappa shape index (κ2) is 9.35. The van der Waals surface area contributed by atoms with Gasteiger partial charge < -0.3 is 4.57 Å². The van der Waals surface area contributed by atoms with Gasteiger partial charge in [-0.3, -0.25) is 0 Å². The van der Waals surface area contributed by atoms with Crippen LogP contribution in [-0.2, 0) is 19.4 Å². The van der Waals surface area contributed by atoms with Crippen molar-refractivity contribution in [3.05, 3.63) is 99.2 Å². The molecule has 172 valence electrons. The van der Waals surface area contributed by atoms with Gasteiger partial charge in [0.15, 0.2) is 5.65 Å². The lowest BCUT2D eigenvalue weighted by molar-refractivity contribution is 0.739. The molecule has 0 aliphatic carbocycles. The number of nitrogens with one attached hydrogen (secondary N) is 1. The van der Waals surface area contributed by atoms with E-state index in [1.54, 1.807) is 0 Å². The Morgan fingerprint density at radius 3 is 2.53 bits per heavy atom. The van der Waals surface area contributed by atoms with Gasteiger partial charge in [-0.2, -0.15) is 0 Å². The second-order valence-corrected chi connectivity index (χ2v) is 9.00. The molecule has 0 fully saturated rings. The summed E-state index contributed by atoms with van der Waals surface area (Å²) >= 11 is 6.57. The fraction of sp³-hybridized carbons (Fsp3) is 0.269. The molecule has 0 amide bonds. The van der Waals surface area contributed by atoms with Gasteiger partial charge in [-0.05, 0) is 58.7 Å². The number of benzene rings is 2. The van der Waals surface area contributed by atoms with Crippen LogP contribution < -0.4 is 0 Å². The predicted molar refractivity (Wildman–Crippen MR) is 133 cm³/mol. The van der Waals surface area contributed by atoms with Gasteiger partial charge in [-0.15, -0.1) is 5.10 Å². The normalized spacial score (nSPS) is 12.4. The summed E-state index contributed by atoms with van der Waals surface area (Å²) in [6, 6.07) is 18.7. The average molecular weight is 472 g/mol. The van der Waals surface area contributed by atoms with Gasteiger partial charge in [0, 0.05) is 29.5 Å². The van der Waals surface area contributed by atoms with Gasteiger partial charge in [0.05, 0.1) is 6.54 Å². The monoisotopic (exact) mass is 471 g/mol. The van der Waals surface area contributed by atoms with Crippen LogP contribution in [0.5, 0.6) is 0 Å². The van der Waals surface area contributed by atoms with E-state index in [0.717, 1.165) is 63.2 Å². The lowest BCUT2D eigenvalue weighted by Gasteiger charge is -2.19. The number of aromatic amines is 1. The van der Waals surface area contributed by atoms with Crippen LogP contribution in [0, 0.1) is 13.8 Å². The number of tetrazole rings is 1. The Kier molecular flexibility index (Phi) is 6.11. The molecule has 0 saturated carbocycles. The minimum atomic E-state index is 0.0322. The van der Waals surface area contributed by atoms with Crippen LogP contribution in [0.25, 0.3) is 11.2 Å². The van der Waals surface area contributed by atoms with Crippen LogP contribution in [0.3, 0.4) is 0 Å². The fourth-order valence-electron chi connectivity index (χ4n) is 4.55. The zero-order chi connectivity index (χ0) is 23.7. The third-order valence-electron chi connectivity index (χ3n) is 6.21. The molecule has 1 N–H and O–H groups in total. The molecular weight excluding hydrogens is 446 g/mol. The average Bonchev–Trinajstić information content (AvgIpc) is 3.47. The predicted octanol–water partition coefficient (Wildman–Crippen LogP) is 5.20. The molecule has 3 heterocycles. The highest BCUT2D eigenvalue weighted by Gasteiger charge is 2.20. The molecule has 5 aromatic rings. The number of aryl methyl sites for hydroxylation is 3. The van der Waals surface area contributed by atoms with Crippen LogP contribution in [0.15, 0.2) is 54.6 Å². The molecule has 2 aromatic carbocycles. The molecule has 8 heteroatoms. The zero-order valence-corrected chi connectivity index (χ0v) is 20.2. The van der Waals surface area contributed by atoms with Crippen LogP contribution in [0.2, 0.25) is 5.02 Å². The van der Waals surface area contributed by atoms with Crippen molar-refractivity contribution in [2.45, 2.75) is 46.1 Å². The molecule has 1 atom stereocenters. The molecule has 0 aliphatic heterocycles.